The molecule has 6 nitrogen and oxygen atoms in total. The standard InChI is InChI=1S/C15H19N3O3/c1-2-9-21-10-3-8-16-15-7-4-12-11-13(18(19)20)5-6-14(12)17-15/h4-7,11H,2-3,8-10H2,1H3,(H,16,17). The third-order valence-electron chi connectivity index (χ3n) is 3.00. The van der Waals surface area contributed by atoms with E-state index < -0.39 is 4.92 Å². The van der Waals surface area contributed by atoms with Crippen molar-refractivity contribution in [3.05, 3.63) is 40.4 Å². The Balaban J connectivity index is 1.93. The maximum Gasteiger partial charge on any atom is 0.270 e. The van der Waals surface area contributed by atoms with Gasteiger partial charge in [0.05, 0.1) is 10.4 Å². The predicted molar refractivity (Wildman–Crippen MR) is 82.6 cm³/mol. The minimum atomic E-state index is -0.401. The van der Waals surface area contributed by atoms with Gasteiger partial charge in [-0.25, -0.2) is 4.98 Å². The molecule has 1 aromatic carbocycles. The number of benzene rings is 1. The molecule has 112 valence electrons. The second kappa shape index (κ2) is 7.54. The quantitative estimate of drug-likeness (QED) is 0.458. The van der Waals surface area contributed by atoms with E-state index in [4.69, 9.17) is 4.74 Å². The van der Waals surface area contributed by atoms with E-state index in [2.05, 4.69) is 17.2 Å². The van der Waals surface area contributed by atoms with Crippen LogP contribution in [-0.4, -0.2) is 29.7 Å². The van der Waals surface area contributed by atoms with Gasteiger partial charge in [0.15, 0.2) is 0 Å². The molecule has 0 spiro atoms. The number of fused-ring (bicyclic) bond motifs is 1. The molecule has 0 unspecified atom stereocenters. The Hall–Kier alpha value is -2.21. The van der Waals surface area contributed by atoms with Crippen LogP contribution in [-0.2, 0) is 4.74 Å². The summed E-state index contributed by atoms with van der Waals surface area (Å²) in [6, 6.07) is 8.34. The van der Waals surface area contributed by atoms with Crippen molar-refractivity contribution in [2.45, 2.75) is 19.8 Å². The van der Waals surface area contributed by atoms with Gasteiger partial charge in [0.1, 0.15) is 5.82 Å². The average Bonchev–Trinajstić information content (AvgIpc) is 2.50. The zero-order valence-electron chi connectivity index (χ0n) is 12.0. The molecule has 0 aliphatic carbocycles. The van der Waals surface area contributed by atoms with E-state index in [1.807, 2.05) is 12.1 Å². The first-order valence-corrected chi connectivity index (χ1v) is 7.07. The Labute approximate surface area is 123 Å². The molecule has 0 bridgehead atoms. The molecule has 6 heteroatoms. The van der Waals surface area contributed by atoms with Crippen molar-refractivity contribution in [3.8, 4) is 0 Å². The number of hydrogen-bond acceptors (Lipinski definition) is 5. The fraction of sp³-hybridized carbons (Fsp3) is 0.400. The first-order chi connectivity index (χ1) is 10.2. The van der Waals surface area contributed by atoms with Gasteiger partial charge in [-0.05, 0) is 31.0 Å². The van der Waals surface area contributed by atoms with Gasteiger partial charge in [0.25, 0.3) is 5.69 Å². The van der Waals surface area contributed by atoms with E-state index in [0.717, 1.165) is 49.3 Å². The number of nitrogens with one attached hydrogen (secondary N) is 1. The number of hydrogen-bond donors (Lipinski definition) is 1. The van der Waals surface area contributed by atoms with E-state index in [1.54, 1.807) is 6.07 Å². The Bertz CT molecular complexity index is 616. The van der Waals surface area contributed by atoms with Crippen molar-refractivity contribution < 1.29 is 9.66 Å². The van der Waals surface area contributed by atoms with Crippen LogP contribution in [0.5, 0.6) is 0 Å². The predicted octanol–water partition coefficient (Wildman–Crippen LogP) is 3.37. The van der Waals surface area contributed by atoms with E-state index >= 15 is 0 Å². The van der Waals surface area contributed by atoms with Crippen molar-refractivity contribution in [3.63, 3.8) is 0 Å². The normalized spacial score (nSPS) is 10.7. The lowest BCUT2D eigenvalue weighted by atomic mass is 10.2. The van der Waals surface area contributed by atoms with Crippen molar-refractivity contribution in [2.75, 3.05) is 25.1 Å². The van der Waals surface area contributed by atoms with E-state index in [0.29, 0.717) is 0 Å². The van der Waals surface area contributed by atoms with Crippen LogP contribution < -0.4 is 5.32 Å². The summed E-state index contributed by atoms with van der Waals surface area (Å²) in [4.78, 5) is 14.8. The number of pyridine rings is 1. The molecule has 0 saturated heterocycles. The van der Waals surface area contributed by atoms with Crippen LogP contribution in [0.15, 0.2) is 30.3 Å². The molecular formula is C15H19N3O3. The van der Waals surface area contributed by atoms with Crippen molar-refractivity contribution in [1.82, 2.24) is 4.98 Å². The Morgan fingerprint density at radius 2 is 2.14 bits per heavy atom. The molecule has 0 amide bonds. The number of rotatable bonds is 8. The minimum Gasteiger partial charge on any atom is -0.381 e. The zero-order chi connectivity index (χ0) is 15.1. The van der Waals surface area contributed by atoms with Gasteiger partial charge in [-0.3, -0.25) is 10.1 Å². The van der Waals surface area contributed by atoms with Crippen LogP contribution in [0.4, 0.5) is 11.5 Å². The molecule has 0 fully saturated rings. The monoisotopic (exact) mass is 289 g/mol. The second-order valence-corrected chi connectivity index (χ2v) is 4.72. The van der Waals surface area contributed by atoms with Gasteiger partial charge in [-0.2, -0.15) is 0 Å². The molecule has 1 N–H and O–H groups in total. The highest BCUT2D eigenvalue weighted by Crippen LogP contribution is 2.20. The van der Waals surface area contributed by atoms with Crippen molar-refractivity contribution >= 4 is 22.4 Å². The summed E-state index contributed by atoms with van der Waals surface area (Å²) in [7, 11) is 0. The number of nitro benzene ring substituents is 1. The topological polar surface area (TPSA) is 77.3 Å². The Kier molecular flexibility index (Phi) is 5.45. The van der Waals surface area contributed by atoms with E-state index in [-0.39, 0.29) is 5.69 Å². The second-order valence-electron chi connectivity index (χ2n) is 4.72. The lowest BCUT2D eigenvalue weighted by molar-refractivity contribution is -0.384. The summed E-state index contributed by atoms with van der Waals surface area (Å²) in [6.45, 7) is 4.41. The summed E-state index contributed by atoms with van der Waals surface area (Å²) < 4.78 is 5.40. The summed E-state index contributed by atoms with van der Waals surface area (Å²) in [5.74, 6) is 0.770. The summed E-state index contributed by atoms with van der Waals surface area (Å²) in [6.07, 6.45) is 1.95. The molecule has 21 heavy (non-hydrogen) atoms. The highest BCUT2D eigenvalue weighted by Gasteiger charge is 2.06. The number of aromatic nitrogens is 1. The van der Waals surface area contributed by atoms with Crippen molar-refractivity contribution in [1.29, 1.82) is 0 Å². The van der Waals surface area contributed by atoms with Crippen LogP contribution in [0, 0.1) is 10.1 Å². The molecule has 0 aliphatic heterocycles. The third kappa shape index (κ3) is 4.39. The molecule has 0 atom stereocenters. The lowest BCUT2D eigenvalue weighted by Gasteiger charge is -2.07. The van der Waals surface area contributed by atoms with Gasteiger partial charge in [0, 0.05) is 37.3 Å². The molecule has 0 aliphatic rings. The summed E-state index contributed by atoms with van der Waals surface area (Å²) in [5.41, 5.74) is 0.825. The number of ether oxygens (including phenoxy) is 1. The van der Waals surface area contributed by atoms with E-state index in [9.17, 15) is 10.1 Å². The van der Waals surface area contributed by atoms with Crippen LogP contribution in [0.1, 0.15) is 19.8 Å². The number of non-ortho nitro benzene ring substituents is 1. The van der Waals surface area contributed by atoms with Crippen LogP contribution in [0.25, 0.3) is 10.9 Å². The average molecular weight is 289 g/mol. The lowest BCUT2D eigenvalue weighted by Crippen LogP contribution is -2.07. The van der Waals surface area contributed by atoms with Gasteiger partial charge in [-0.15, -0.1) is 0 Å². The molecule has 1 heterocycles. The Morgan fingerprint density at radius 1 is 1.29 bits per heavy atom. The van der Waals surface area contributed by atoms with Gasteiger partial charge in [-0.1, -0.05) is 6.92 Å². The number of nitrogens with zero attached hydrogens (tertiary/aromatic N) is 2. The first kappa shape index (κ1) is 15.2. The summed E-state index contributed by atoms with van der Waals surface area (Å²) in [5, 5.41) is 14.7. The molecular weight excluding hydrogens is 270 g/mol. The number of anilines is 1. The molecule has 2 aromatic rings. The Morgan fingerprint density at radius 3 is 2.90 bits per heavy atom. The molecule has 1 aromatic heterocycles. The fourth-order valence-electron chi connectivity index (χ4n) is 1.96. The fourth-order valence-corrected chi connectivity index (χ4v) is 1.96. The van der Waals surface area contributed by atoms with Gasteiger partial charge < -0.3 is 10.1 Å². The van der Waals surface area contributed by atoms with Crippen molar-refractivity contribution in [2.24, 2.45) is 0 Å². The highest BCUT2D eigenvalue weighted by molar-refractivity contribution is 5.82. The zero-order valence-corrected chi connectivity index (χ0v) is 12.0. The minimum absolute atomic E-state index is 0.0816. The van der Waals surface area contributed by atoms with Crippen LogP contribution >= 0.6 is 0 Å². The molecule has 0 saturated carbocycles. The largest absolute Gasteiger partial charge is 0.381 e. The third-order valence-corrected chi connectivity index (χ3v) is 3.00. The molecule has 2 rings (SSSR count). The van der Waals surface area contributed by atoms with Crippen LogP contribution in [0.2, 0.25) is 0 Å². The highest BCUT2D eigenvalue weighted by atomic mass is 16.6. The first-order valence-electron chi connectivity index (χ1n) is 7.07. The summed E-state index contributed by atoms with van der Waals surface area (Å²) >= 11 is 0. The van der Waals surface area contributed by atoms with Crippen LogP contribution in [0.3, 0.4) is 0 Å². The maximum absolute atomic E-state index is 10.7. The number of nitro groups is 1. The van der Waals surface area contributed by atoms with Gasteiger partial charge >= 0.3 is 0 Å². The smallest absolute Gasteiger partial charge is 0.270 e. The molecule has 0 radical (unpaired) electrons. The van der Waals surface area contributed by atoms with Gasteiger partial charge in [0.2, 0.25) is 0 Å². The maximum atomic E-state index is 10.7. The SMILES string of the molecule is CCCOCCCNc1ccc2cc([N+](=O)[O-])ccc2n1. The van der Waals surface area contributed by atoms with E-state index in [1.165, 1.54) is 12.1 Å².